The third kappa shape index (κ3) is 4.12. The maximum absolute atomic E-state index is 13.2. The molecule has 1 aromatic rings. The standard InChI is InChI=1S/C22H31N3O2/c26-21(25-14-6-8-17-7-4-5-11-20(17)25)18-12-15-24(16-13-18)22(27)23-19-9-2-1-3-10-19/h1-3,9-10,17-18,20H,4-8,11-16H2,(H,23,27). The quantitative estimate of drug-likeness (QED) is 0.853. The van der Waals surface area contributed by atoms with E-state index in [0.717, 1.165) is 37.4 Å². The van der Waals surface area contributed by atoms with Crippen molar-refractivity contribution < 1.29 is 9.59 Å². The van der Waals surface area contributed by atoms with Crippen molar-refractivity contribution in [3.05, 3.63) is 30.3 Å². The van der Waals surface area contributed by atoms with Gasteiger partial charge in [-0.15, -0.1) is 0 Å². The average Bonchev–Trinajstić information content (AvgIpc) is 2.73. The minimum Gasteiger partial charge on any atom is -0.339 e. The normalized spacial score (nSPS) is 26.4. The third-order valence-electron chi connectivity index (χ3n) is 6.68. The Morgan fingerprint density at radius 3 is 2.33 bits per heavy atom. The molecule has 0 spiro atoms. The summed E-state index contributed by atoms with van der Waals surface area (Å²) in [5, 5.41) is 2.95. The molecule has 5 nitrogen and oxygen atoms in total. The number of amides is 3. The van der Waals surface area contributed by atoms with Crippen molar-refractivity contribution in [3.63, 3.8) is 0 Å². The molecule has 4 rings (SSSR count). The first-order valence-electron chi connectivity index (χ1n) is 10.6. The zero-order valence-electron chi connectivity index (χ0n) is 16.1. The number of nitrogens with zero attached hydrogens (tertiary/aromatic N) is 2. The Labute approximate surface area is 162 Å². The fourth-order valence-electron chi connectivity index (χ4n) is 5.19. The lowest BCUT2D eigenvalue weighted by Crippen LogP contribution is -2.53. The van der Waals surface area contributed by atoms with Crippen LogP contribution in [0.15, 0.2) is 30.3 Å². The van der Waals surface area contributed by atoms with Crippen molar-refractivity contribution in [3.8, 4) is 0 Å². The molecule has 3 amide bonds. The molecule has 3 aliphatic rings. The van der Waals surface area contributed by atoms with Gasteiger partial charge < -0.3 is 15.1 Å². The Morgan fingerprint density at radius 2 is 1.56 bits per heavy atom. The van der Waals surface area contributed by atoms with Gasteiger partial charge in [-0.1, -0.05) is 31.0 Å². The van der Waals surface area contributed by atoms with Crippen LogP contribution in [0.2, 0.25) is 0 Å². The maximum Gasteiger partial charge on any atom is 0.321 e. The SMILES string of the molecule is O=C(Nc1ccccc1)N1CCC(C(=O)N2CCCC3CCCCC32)CC1. The van der Waals surface area contributed by atoms with Gasteiger partial charge in [0.25, 0.3) is 0 Å². The molecule has 2 unspecified atom stereocenters. The van der Waals surface area contributed by atoms with E-state index in [2.05, 4.69) is 10.2 Å². The number of hydrogen-bond acceptors (Lipinski definition) is 2. The first kappa shape index (κ1) is 18.3. The largest absolute Gasteiger partial charge is 0.339 e. The summed E-state index contributed by atoms with van der Waals surface area (Å²) < 4.78 is 0. The fraction of sp³-hybridized carbons (Fsp3) is 0.636. The van der Waals surface area contributed by atoms with E-state index in [9.17, 15) is 9.59 Å². The molecule has 1 N–H and O–H groups in total. The molecule has 2 heterocycles. The summed E-state index contributed by atoms with van der Waals surface area (Å²) in [6.45, 7) is 2.27. The number of urea groups is 1. The first-order chi connectivity index (χ1) is 13.2. The lowest BCUT2D eigenvalue weighted by Gasteiger charge is -2.46. The number of fused-ring (bicyclic) bond motifs is 1. The summed E-state index contributed by atoms with van der Waals surface area (Å²) in [5.74, 6) is 1.18. The van der Waals surface area contributed by atoms with Crippen LogP contribution in [0.4, 0.5) is 10.5 Å². The number of carbonyl (C=O) groups excluding carboxylic acids is 2. The lowest BCUT2D eigenvalue weighted by molar-refractivity contribution is -0.143. The van der Waals surface area contributed by atoms with Crippen LogP contribution in [0, 0.1) is 11.8 Å². The Hall–Kier alpha value is -2.04. The lowest BCUT2D eigenvalue weighted by atomic mass is 9.77. The predicted molar refractivity (Wildman–Crippen MR) is 106 cm³/mol. The van der Waals surface area contributed by atoms with Crippen LogP contribution < -0.4 is 5.32 Å². The second kappa shape index (κ2) is 8.32. The van der Waals surface area contributed by atoms with Crippen LogP contribution >= 0.6 is 0 Å². The minimum absolute atomic E-state index is 0.0579. The molecule has 5 heteroatoms. The van der Waals surface area contributed by atoms with E-state index >= 15 is 0 Å². The van der Waals surface area contributed by atoms with Gasteiger partial charge in [-0.3, -0.25) is 4.79 Å². The Kier molecular flexibility index (Phi) is 5.65. The monoisotopic (exact) mass is 369 g/mol. The van der Waals surface area contributed by atoms with Gasteiger partial charge in [-0.05, 0) is 56.6 Å². The molecule has 0 radical (unpaired) electrons. The molecule has 1 aliphatic carbocycles. The summed E-state index contributed by atoms with van der Waals surface area (Å²) in [6, 6.07) is 9.98. The molecule has 0 bridgehead atoms. The Bertz CT molecular complexity index is 653. The smallest absolute Gasteiger partial charge is 0.321 e. The maximum atomic E-state index is 13.2. The molecule has 27 heavy (non-hydrogen) atoms. The number of carbonyl (C=O) groups is 2. The van der Waals surface area contributed by atoms with Crippen molar-refractivity contribution in [2.24, 2.45) is 11.8 Å². The number of benzene rings is 1. The summed E-state index contributed by atoms with van der Waals surface area (Å²) in [4.78, 5) is 29.7. The highest BCUT2D eigenvalue weighted by Gasteiger charge is 2.39. The van der Waals surface area contributed by atoms with Gasteiger partial charge in [0.2, 0.25) is 5.91 Å². The number of likely N-dealkylation sites (tertiary alicyclic amines) is 2. The summed E-state index contributed by atoms with van der Waals surface area (Å²) >= 11 is 0. The van der Waals surface area contributed by atoms with Gasteiger partial charge in [0, 0.05) is 37.3 Å². The van der Waals surface area contributed by atoms with E-state index < -0.39 is 0 Å². The van der Waals surface area contributed by atoms with Gasteiger partial charge in [0.1, 0.15) is 0 Å². The molecule has 146 valence electrons. The Balaban J connectivity index is 1.30. The fourth-order valence-corrected chi connectivity index (χ4v) is 5.19. The number of rotatable bonds is 2. The van der Waals surface area contributed by atoms with Crippen molar-refractivity contribution in [2.75, 3.05) is 25.0 Å². The van der Waals surface area contributed by atoms with Crippen molar-refractivity contribution in [1.29, 1.82) is 0 Å². The average molecular weight is 370 g/mol. The number of para-hydroxylation sites is 1. The van der Waals surface area contributed by atoms with Crippen molar-refractivity contribution >= 4 is 17.6 Å². The molecule has 0 aromatic heterocycles. The van der Waals surface area contributed by atoms with Crippen LogP contribution in [0.25, 0.3) is 0 Å². The molecule has 2 atom stereocenters. The first-order valence-corrected chi connectivity index (χ1v) is 10.6. The van der Waals surface area contributed by atoms with Gasteiger partial charge in [-0.2, -0.15) is 0 Å². The zero-order valence-corrected chi connectivity index (χ0v) is 16.1. The number of hydrogen-bond donors (Lipinski definition) is 1. The molecular formula is C22H31N3O2. The summed E-state index contributed by atoms with van der Waals surface area (Å²) in [5.41, 5.74) is 0.817. The van der Waals surface area contributed by atoms with E-state index in [4.69, 9.17) is 0 Å². The van der Waals surface area contributed by atoms with Crippen LogP contribution in [0.5, 0.6) is 0 Å². The van der Waals surface area contributed by atoms with E-state index in [0.29, 0.717) is 25.0 Å². The minimum atomic E-state index is -0.0579. The third-order valence-corrected chi connectivity index (χ3v) is 6.68. The highest BCUT2D eigenvalue weighted by molar-refractivity contribution is 5.89. The molecule has 2 aliphatic heterocycles. The van der Waals surface area contributed by atoms with Gasteiger partial charge in [0.15, 0.2) is 0 Å². The van der Waals surface area contributed by atoms with Gasteiger partial charge in [-0.25, -0.2) is 4.79 Å². The molecule has 3 fully saturated rings. The second-order valence-electron chi connectivity index (χ2n) is 8.34. The van der Waals surface area contributed by atoms with E-state index in [1.807, 2.05) is 35.2 Å². The van der Waals surface area contributed by atoms with Crippen LogP contribution in [0.3, 0.4) is 0 Å². The van der Waals surface area contributed by atoms with E-state index in [1.165, 1.54) is 32.1 Å². The molecule has 1 saturated carbocycles. The summed E-state index contributed by atoms with van der Waals surface area (Å²) in [7, 11) is 0. The number of nitrogens with one attached hydrogen (secondary N) is 1. The van der Waals surface area contributed by atoms with Crippen LogP contribution in [0.1, 0.15) is 51.4 Å². The summed E-state index contributed by atoms with van der Waals surface area (Å²) in [6.07, 6.45) is 9.12. The van der Waals surface area contributed by atoms with E-state index in [1.54, 1.807) is 0 Å². The molecular weight excluding hydrogens is 338 g/mol. The predicted octanol–water partition coefficient (Wildman–Crippen LogP) is 4.11. The number of piperidine rings is 2. The van der Waals surface area contributed by atoms with Crippen LogP contribution in [-0.4, -0.2) is 47.4 Å². The zero-order chi connectivity index (χ0) is 18.6. The van der Waals surface area contributed by atoms with Gasteiger partial charge in [0.05, 0.1) is 0 Å². The number of anilines is 1. The molecule has 1 aromatic carbocycles. The van der Waals surface area contributed by atoms with Crippen molar-refractivity contribution in [1.82, 2.24) is 9.80 Å². The highest BCUT2D eigenvalue weighted by Crippen LogP contribution is 2.36. The topological polar surface area (TPSA) is 52.7 Å². The second-order valence-corrected chi connectivity index (χ2v) is 8.34. The van der Waals surface area contributed by atoms with E-state index in [-0.39, 0.29) is 11.9 Å². The highest BCUT2D eigenvalue weighted by atomic mass is 16.2. The van der Waals surface area contributed by atoms with Crippen LogP contribution in [-0.2, 0) is 4.79 Å². The van der Waals surface area contributed by atoms with Gasteiger partial charge >= 0.3 is 6.03 Å². The molecule has 2 saturated heterocycles. The Morgan fingerprint density at radius 1 is 0.852 bits per heavy atom. The van der Waals surface area contributed by atoms with Crippen molar-refractivity contribution in [2.45, 2.75) is 57.4 Å².